The molecular formula is C22H22F3N7O2. The normalized spacial score (nSPS) is 11.6. The monoisotopic (exact) mass is 473 g/mol. The van der Waals surface area contributed by atoms with Crippen LogP contribution in [0.5, 0.6) is 0 Å². The van der Waals surface area contributed by atoms with Crippen LogP contribution in [-0.4, -0.2) is 21.0 Å². The number of aryl methyl sites for hydroxylation is 2. The van der Waals surface area contributed by atoms with E-state index in [0.717, 1.165) is 34.3 Å². The Kier molecular flexibility index (Phi) is 7.64. The predicted octanol–water partition coefficient (Wildman–Crippen LogP) is 3.77. The Morgan fingerprint density at radius 3 is 2.38 bits per heavy atom. The van der Waals surface area contributed by atoms with Crippen molar-refractivity contribution in [2.24, 2.45) is 5.90 Å². The molecule has 0 bridgehead atoms. The zero-order chi connectivity index (χ0) is 24.7. The first kappa shape index (κ1) is 24.5. The zero-order valence-corrected chi connectivity index (χ0v) is 18.3. The number of nitrogens with two attached hydrogens (primary N) is 1. The van der Waals surface area contributed by atoms with Crippen molar-refractivity contribution in [2.75, 3.05) is 5.32 Å². The van der Waals surface area contributed by atoms with Gasteiger partial charge in [-0.2, -0.15) is 19.1 Å². The van der Waals surface area contributed by atoms with E-state index in [4.69, 9.17) is 5.90 Å². The van der Waals surface area contributed by atoms with Gasteiger partial charge in [-0.3, -0.25) is 10.3 Å². The maximum Gasteiger partial charge on any atom is 0.433 e. The molecule has 0 radical (unpaired) electrons. The quantitative estimate of drug-likeness (QED) is 0.304. The summed E-state index contributed by atoms with van der Waals surface area (Å²) in [5.74, 6) is 5.02. The second-order valence-corrected chi connectivity index (χ2v) is 7.13. The molecule has 12 heteroatoms. The summed E-state index contributed by atoms with van der Waals surface area (Å²) >= 11 is 0. The fourth-order valence-electron chi connectivity index (χ4n) is 3.10. The number of carbonyl (C=O) groups is 1. The minimum atomic E-state index is -4.63. The van der Waals surface area contributed by atoms with E-state index >= 15 is 0 Å². The first-order valence-electron chi connectivity index (χ1n) is 9.96. The van der Waals surface area contributed by atoms with Crippen molar-refractivity contribution in [3.05, 3.63) is 83.7 Å². The van der Waals surface area contributed by atoms with Crippen LogP contribution in [-0.2, 0) is 17.6 Å². The maximum atomic E-state index is 12.7. The summed E-state index contributed by atoms with van der Waals surface area (Å²) in [6.45, 7) is 4.23. The predicted molar refractivity (Wildman–Crippen MR) is 119 cm³/mol. The van der Waals surface area contributed by atoms with Gasteiger partial charge in [-0.1, -0.05) is 24.3 Å². The minimum absolute atomic E-state index is 0.0986. The van der Waals surface area contributed by atoms with Crippen LogP contribution in [0.15, 0.2) is 61.0 Å². The average Bonchev–Trinajstić information content (AvgIpc) is 2.79. The van der Waals surface area contributed by atoms with Crippen molar-refractivity contribution in [3.63, 3.8) is 0 Å². The smallest absolute Gasteiger partial charge is 0.391 e. The van der Waals surface area contributed by atoms with E-state index in [1.165, 1.54) is 18.6 Å². The van der Waals surface area contributed by atoms with Crippen molar-refractivity contribution in [1.29, 1.82) is 0 Å². The first-order chi connectivity index (χ1) is 16.2. The number of nitrogens with one attached hydrogen (secondary N) is 3. The van der Waals surface area contributed by atoms with Gasteiger partial charge in [-0.25, -0.2) is 14.8 Å². The third kappa shape index (κ3) is 6.42. The molecule has 3 rings (SSSR count). The first-order valence-corrected chi connectivity index (χ1v) is 9.96. The number of anilines is 1. The Bertz CT molecular complexity index is 1160. The SMILES string of the molecule is Cc1ncnc(C)c1-c1ccc(CN/C=C(/NC(=O)Nc2ccnc(C(F)(F)F)c2)ON)cc1. The lowest BCUT2D eigenvalue weighted by molar-refractivity contribution is -0.141. The van der Waals surface area contributed by atoms with E-state index in [-0.39, 0.29) is 11.6 Å². The van der Waals surface area contributed by atoms with Crippen molar-refractivity contribution in [3.8, 4) is 11.1 Å². The summed E-state index contributed by atoms with van der Waals surface area (Å²) < 4.78 is 38.2. The average molecular weight is 473 g/mol. The summed E-state index contributed by atoms with van der Waals surface area (Å²) in [5, 5.41) is 7.48. The number of alkyl halides is 3. The fraction of sp³-hybridized carbons (Fsp3) is 0.182. The number of amides is 2. The number of carbonyl (C=O) groups excluding carboxylic acids is 1. The molecule has 0 atom stereocenters. The third-order valence-electron chi connectivity index (χ3n) is 4.68. The second kappa shape index (κ2) is 10.6. The van der Waals surface area contributed by atoms with Gasteiger partial charge in [-0.05, 0) is 37.1 Å². The fourth-order valence-corrected chi connectivity index (χ4v) is 3.10. The van der Waals surface area contributed by atoms with Gasteiger partial charge in [0.05, 0.1) is 6.20 Å². The van der Waals surface area contributed by atoms with Crippen molar-refractivity contribution in [1.82, 2.24) is 25.6 Å². The van der Waals surface area contributed by atoms with Gasteiger partial charge >= 0.3 is 12.2 Å². The Hall–Kier alpha value is -4.19. The molecular weight excluding hydrogens is 451 g/mol. The van der Waals surface area contributed by atoms with E-state index in [2.05, 4.69) is 35.7 Å². The topological polar surface area (TPSA) is 127 Å². The summed E-state index contributed by atoms with van der Waals surface area (Å²) in [5.41, 5.74) is 3.45. The molecule has 0 aliphatic carbocycles. The number of benzene rings is 1. The molecule has 34 heavy (non-hydrogen) atoms. The third-order valence-corrected chi connectivity index (χ3v) is 4.68. The lowest BCUT2D eigenvalue weighted by atomic mass is 10.0. The van der Waals surface area contributed by atoms with Crippen molar-refractivity contribution in [2.45, 2.75) is 26.6 Å². The van der Waals surface area contributed by atoms with Crippen LogP contribution in [0.4, 0.5) is 23.7 Å². The maximum absolute atomic E-state index is 12.7. The van der Waals surface area contributed by atoms with Crippen molar-refractivity contribution >= 4 is 11.7 Å². The number of halogens is 3. The summed E-state index contributed by atoms with van der Waals surface area (Å²) in [6, 6.07) is 8.83. The summed E-state index contributed by atoms with van der Waals surface area (Å²) in [4.78, 5) is 28.4. The van der Waals surface area contributed by atoms with E-state index in [1.54, 1.807) is 0 Å². The van der Waals surface area contributed by atoms with E-state index in [0.29, 0.717) is 12.6 Å². The van der Waals surface area contributed by atoms with Gasteiger partial charge in [0, 0.05) is 35.4 Å². The van der Waals surface area contributed by atoms with Crippen LogP contribution in [0.3, 0.4) is 0 Å². The van der Waals surface area contributed by atoms with Crippen LogP contribution in [0.1, 0.15) is 22.6 Å². The molecule has 2 heterocycles. The van der Waals surface area contributed by atoms with E-state index in [9.17, 15) is 18.0 Å². The molecule has 2 amide bonds. The molecule has 0 fully saturated rings. The largest absolute Gasteiger partial charge is 0.433 e. The zero-order valence-electron chi connectivity index (χ0n) is 18.3. The number of aromatic nitrogens is 3. The Balaban J connectivity index is 1.57. The van der Waals surface area contributed by atoms with Crippen LogP contribution in [0, 0.1) is 13.8 Å². The van der Waals surface area contributed by atoms with Gasteiger partial charge < -0.3 is 15.5 Å². The Morgan fingerprint density at radius 2 is 1.76 bits per heavy atom. The molecule has 0 saturated heterocycles. The number of hydrogen-bond donors (Lipinski definition) is 4. The van der Waals surface area contributed by atoms with Gasteiger partial charge in [0.1, 0.15) is 12.0 Å². The number of urea groups is 1. The molecule has 0 spiro atoms. The standard InChI is InChI=1S/C22H22F3N7O2/c1-13-20(14(2)30-12-29-13)16-5-3-15(4-6-16)10-27-11-19(34-26)32-21(33)31-17-7-8-28-18(9-17)22(23,24)25/h3-9,11-12,27H,10,26H2,1-2H3,(H2,28,31,32,33)/b19-11-. The molecule has 0 saturated carbocycles. The van der Waals surface area contributed by atoms with Crippen LogP contribution in [0.25, 0.3) is 11.1 Å². The van der Waals surface area contributed by atoms with Crippen molar-refractivity contribution < 1.29 is 22.8 Å². The molecule has 178 valence electrons. The molecule has 0 aliphatic rings. The Labute approximate surface area is 193 Å². The highest BCUT2D eigenvalue weighted by Crippen LogP contribution is 2.28. The van der Waals surface area contributed by atoms with Gasteiger partial charge in [0.15, 0.2) is 0 Å². The second-order valence-electron chi connectivity index (χ2n) is 7.13. The number of rotatable bonds is 7. The number of pyridine rings is 1. The van der Waals surface area contributed by atoms with Gasteiger partial charge in [0.25, 0.3) is 0 Å². The highest BCUT2D eigenvalue weighted by molar-refractivity contribution is 5.90. The summed E-state index contributed by atoms with van der Waals surface area (Å²) in [7, 11) is 0. The minimum Gasteiger partial charge on any atom is -0.391 e. The summed E-state index contributed by atoms with van der Waals surface area (Å²) in [6.07, 6.45) is -0.843. The number of hydrogen-bond acceptors (Lipinski definition) is 7. The molecule has 5 N–H and O–H groups in total. The molecule has 0 unspecified atom stereocenters. The van der Waals surface area contributed by atoms with E-state index < -0.39 is 17.9 Å². The van der Waals surface area contributed by atoms with Crippen LogP contribution < -0.4 is 21.8 Å². The molecule has 3 aromatic rings. The van der Waals surface area contributed by atoms with E-state index in [1.807, 2.05) is 38.1 Å². The highest BCUT2D eigenvalue weighted by Gasteiger charge is 2.32. The van der Waals surface area contributed by atoms with Gasteiger partial charge in [-0.15, -0.1) is 0 Å². The van der Waals surface area contributed by atoms with Gasteiger partial charge in [0.2, 0.25) is 5.88 Å². The highest BCUT2D eigenvalue weighted by atomic mass is 19.4. The van der Waals surface area contributed by atoms with Crippen LogP contribution in [0.2, 0.25) is 0 Å². The molecule has 0 aliphatic heterocycles. The Morgan fingerprint density at radius 1 is 1.09 bits per heavy atom. The molecule has 1 aromatic carbocycles. The van der Waals surface area contributed by atoms with Crippen LogP contribution >= 0.6 is 0 Å². The number of nitrogens with zero attached hydrogens (tertiary/aromatic N) is 3. The lowest BCUT2D eigenvalue weighted by Crippen LogP contribution is -2.31. The lowest BCUT2D eigenvalue weighted by Gasteiger charge is -2.12. The molecule has 2 aromatic heterocycles. The molecule has 9 nitrogen and oxygen atoms in total.